The van der Waals surface area contributed by atoms with Gasteiger partial charge in [0.05, 0.1) is 46.2 Å². The molecule has 0 aliphatic carbocycles. The van der Waals surface area contributed by atoms with E-state index in [4.69, 9.17) is 23.7 Å². The summed E-state index contributed by atoms with van der Waals surface area (Å²) in [5.74, 6) is -0.0573. The molecule has 194 valence electrons. The fourth-order valence-electron chi connectivity index (χ4n) is 4.10. The molecule has 1 heterocycles. The quantitative estimate of drug-likeness (QED) is 0.203. The zero-order valence-corrected chi connectivity index (χ0v) is 21.3. The Bertz CT molecular complexity index is 1080. The first-order chi connectivity index (χ1) is 17.4. The van der Waals surface area contributed by atoms with Crippen molar-refractivity contribution < 1.29 is 38.4 Å². The molecular formula is C27H33NO8. The Balaban J connectivity index is 2.13. The first-order valence-electron chi connectivity index (χ1n) is 11.7. The van der Waals surface area contributed by atoms with E-state index in [1.807, 2.05) is 0 Å². The van der Waals surface area contributed by atoms with Gasteiger partial charge in [-0.1, -0.05) is 13.3 Å². The molecule has 1 N–H and O–H groups in total. The van der Waals surface area contributed by atoms with Crippen molar-refractivity contribution >= 4 is 17.4 Å². The maximum absolute atomic E-state index is 13.2. The lowest BCUT2D eigenvalue weighted by Gasteiger charge is -2.26. The number of amides is 1. The number of likely N-dealkylation sites (tertiary alicyclic amines) is 1. The van der Waals surface area contributed by atoms with Gasteiger partial charge < -0.3 is 33.7 Å². The lowest BCUT2D eigenvalue weighted by atomic mass is 9.94. The summed E-state index contributed by atoms with van der Waals surface area (Å²) in [6, 6.07) is 9.19. The van der Waals surface area contributed by atoms with Crippen molar-refractivity contribution in [1.82, 2.24) is 4.90 Å². The molecule has 0 saturated carbocycles. The van der Waals surface area contributed by atoms with Crippen molar-refractivity contribution in [3.63, 3.8) is 0 Å². The first-order valence-corrected chi connectivity index (χ1v) is 11.7. The van der Waals surface area contributed by atoms with Crippen LogP contribution in [0.15, 0.2) is 42.0 Å². The Hall–Kier alpha value is -3.72. The molecule has 0 bridgehead atoms. The molecule has 1 amide bonds. The average molecular weight is 500 g/mol. The third-order valence-corrected chi connectivity index (χ3v) is 5.97. The van der Waals surface area contributed by atoms with E-state index < -0.39 is 17.7 Å². The Morgan fingerprint density at radius 2 is 1.58 bits per heavy atom. The Labute approximate surface area is 211 Å². The molecule has 1 aliphatic heterocycles. The highest BCUT2D eigenvalue weighted by atomic mass is 16.5. The minimum atomic E-state index is -0.894. The molecule has 0 radical (unpaired) electrons. The lowest BCUT2D eigenvalue weighted by Crippen LogP contribution is -2.32. The zero-order chi connectivity index (χ0) is 26.2. The molecule has 0 aromatic heterocycles. The fraction of sp³-hybridized carbons (Fsp3) is 0.407. The molecule has 36 heavy (non-hydrogen) atoms. The summed E-state index contributed by atoms with van der Waals surface area (Å²) in [6.07, 6.45) is 1.95. The number of rotatable bonds is 12. The first kappa shape index (κ1) is 26.9. The number of hydrogen-bond acceptors (Lipinski definition) is 8. The van der Waals surface area contributed by atoms with Gasteiger partial charge in [0, 0.05) is 19.2 Å². The van der Waals surface area contributed by atoms with Crippen molar-refractivity contribution in [3.05, 3.63) is 53.1 Å². The monoisotopic (exact) mass is 499 g/mol. The van der Waals surface area contributed by atoms with Crippen molar-refractivity contribution in [1.29, 1.82) is 0 Å². The number of methoxy groups -OCH3 is 4. The molecule has 9 heteroatoms. The van der Waals surface area contributed by atoms with Crippen LogP contribution in [0.5, 0.6) is 23.0 Å². The zero-order valence-electron chi connectivity index (χ0n) is 21.3. The maximum Gasteiger partial charge on any atom is 0.295 e. The van der Waals surface area contributed by atoms with Gasteiger partial charge in [-0.2, -0.15) is 0 Å². The van der Waals surface area contributed by atoms with E-state index in [1.54, 1.807) is 36.4 Å². The average Bonchev–Trinajstić information content (AvgIpc) is 3.15. The van der Waals surface area contributed by atoms with E-state index in [9.17, 15) is 14.7 Å². The highest BCUT2D eigenvalue weighted by Crippen LogP contribution is 2.45. The van der Waals surface area contributed by atoms with Crippen LogP contribution in [-0.4, -0.2) is 69.9 Å². The summed E-state index contributed by atoms with van der Waals surface area (Å²) in [4.78, 5) is 27.6. The third-order valence-electron chi connectivity index (χ3n) is 5.97. The van der Waals surface area contributed by atoms with E-state index in [-0.39, 0.29) is 24.5 Å². The molecule has 0 spiro atoms. The van der Waals surface area contributed by atoms with Crippen LogP contribution in [-0.2, 0) is 14.3 Å². The van der Waals surface area contributed by atoms with E-state index in [1.165, 1.54) is 33.3 Å². The largest absolute Gasteiger partial charge is 0.507 e. The van der Waals surface area contributed by atoms with Gasteiger partial charge in [0.25, 0.3) is 11.7 Å². The van der Waals surface area contributed by atoms with Gasteiger partial charge in [-0.3, -0.25) is 9.59 Å². The van der Waals surface area contributed by atoms with E-state index >= 15 is 0 Å². The van der Waals surface area contributed by atoms with Crippen molar-refractivity contribution in [2.24, 2.45) is 0 Å². The summed E-state index contributed by atoms with van der Waals surface area (Å²) in [5, 5.41) is 11.3. The highest BCUT2D eigenvalue weighted by molar-refractivity contribution is 6.46. The van der Waals surface area contributed by atoms with Crippen LogP contribution in [0.1, 0.15) is 36.9 Å². The summed E-state index contributed by atoms with van der Waals surface area (Å²) in [5.41, 5.74) is 0.867. The standard InChI is InChI=1S/C27H33NO8/c1-6-7-13-36-19-10-8-17(9-11-19)24(29)22-23(28(12-14-32-2)27(31)25(22)30)18-15-20(33-3)26(35-5)21(16-18)34-4/h8-11,15-16,23,29H,6-7,12-14H2,1-5H3/b24-22-. The maximum atomic E-state index is 13.2. The summed E-state index contributed by atoms with van der Waals surface area (Å²) >= 11 is 0. The number of hydrogen-bond donors (Lipinski definition) is 1. The van der Waals surface area contributed by atoms with Crippen LogP contribution in [0.4, 0.5) is 0 Å². The number of benzene rings is 2. The normalized spacial score (nSPS) is 16.8. The number of ketones is 1. The lowest BCUT2D eigenvalue weighted by molar-refractivity contribution is -0.140. The minimum absolute atomic E-state index is 0.0370. The molecule has 9 nitrogen and oxygen atoms in total. The van der Waals surface area contributed by atoms with Crippen LogP contribution < -0.4 is 18.9 Å². The van der Waals surface area contributed by atoms with Crippen LogP contribution in [0.25, 0.3) is 5.76 Å². The number of nitrogens with zero attached hydrogens (tertiary/aromatic N) is 1. The number of ether oxygens (including phenoxy) is 5. The Morgan fingerprint density at radius 1 is 0.944 bits per heavy atom. The summed E-state index contributed by atoms with van der Waals surface area (Å²) in [6.45, 7) is 3.02. The van der Waals surface area contributed by atoms with E-state index in [0.717, 1.165) is 12.8 Å². The fourth-order valence-corrected chi connectivity index (χ4v) is 4.10. The van der Waals surface area contributed by atoms with Gasteiger partial charge in [-0.15, -0.1) is 0 Å². The SMILES string of the molecule is CCCCOc1ccc(/C(O)=C2/C(=O)C(=O)N(CCOC)C2c2cc(OC)c(OC)c(OC)c2)cc1. The number of carbonyl (C=O) groups excluding carboxylic acids is 2. The second-order valence-electron chi connectivity index (χ2n) is 8.17. The van der Waals surface area contributed by atoms with Gasteiger partial charge in [0.15, 0.2) is 11.5 Å². The smallest absolute Gasteiger partial charge is 0.295 e. The van der Waals surface area contributed by atoms with Gasteiger partial charge in [-0.25, -0.2) is 0 Å². The summed E-state index contributed by atoms with van der Waals surface area (Å²) in [7, 11) is 5.95. The highest BCUT2D eigenvalue weighted by Gasteiger charge is 2.46. The van der Waals surface area contributed by atoms with Crippen molar-refractivity contribution in [3.8, 4) is 23.0 Å². The predicted octanol–water partition coefficient (Wildman–Crippen LogP) is 3.96. The van der Waals surface area contributed by atoms with Crippen LogP contribution >= 0.6 is 0 Å². The van der Waals surface area contributed by atoms with Gasteiger partial charge in [0.2, 0.25) is 5.75 Å². The van der Waals surface area contributed by atoms with E-state index in [0.29, 0.717) is 40.7 Å². The Kier molecular flexibility index (Phi) is 9.19. The van der Waals surface area contributed by atoms with E-state index in [2.05, 4.69) is 6.92 Å². The number of Topliss-reactive ketones (excluding diaryl/α,β-unsaturated/α-hetero) is 1. The number of aliphatic hydroxyl groups is 1. The Morgan fingerprint density at radius 3 is 2.11 bits per heavy atom. The van der Waals surface area contributed by atoms with Gasteiger partial charge in [0.1, 0.15) is 11.5 Å². The molecule has 2 aromatic rings. The molecule has 1 fully saturated rings. The molecule has 3 rings (SSSR count). The van der Waals surface area contributed by atoms with Gasteiger partial charge >= 0.3 is 0 Å². The van der Waals surface area contributed by atoms with Crippen LogP contribution in [0, 0.1) is 0 Å². The molecule has 1 atom stereocenters. The van der Waals surface area contributed by atoms with Crippen molar-refractivity contribution in [2.45, 2.75) is 25.8 Å². The molecule has 1 saturated heterocycles. The summed E-state index contributed by atoms with van der Waals surface area (Å²) < 4.78 is 27.2. The number of unbranched alkanes of at least 4 members (excludes halogenated alkanes) is 1. The topological polar surface area (TPSA) is 104 Å². The van der Waals surface area contributed by atoms with Crippen LogP contribution in [0.2, 0.25) is 0 Å². The second kappa shape index (κ2) is 12.3. The predicted molar refractivity (Wildman–Crippen MR) is 134 cm³/mol. The number of carbonyl (C=O) groups is 2. The molecule has 1 unspecified atom stereocenters. The minimum Gasteiger partial charge on any atom is -0.507 e. The molecule has 2 aromatic carbocycles. The molecular weight excluding hydrogens is 466 g/mol. The number of aliphatic hydroxyl groups excluding tert-OH is 1. The van der Waals surface area contributed by atoms with Crippen LogP contribution in [0.3, 0.4) is 0 Å². The molecule has 1 aliphatic rings. The van der Waals surface area contributed by atoms with Gasteiger partial charge in [-0.05, 0) is 48.4 Å². The third kappa shape index (κ3) is 5.41. The van der Waals surface area contributed by atoms with Crippen molar-refractivity contribution in [2.75, 3.05) is 48.2 Å². The second-order valence-corrected chi connectivity index (χ2v) is 8.17.